The molecule has 0 spiro atoms. The highest BCUT2D eigenvalue weighted by atomic mass is 19.1. The van der Waals surface area contributed by atoms with Crippen LogP contribution in [-0.4, -0.2) is 40.1 Å². The molecule has 37 heavy (non-hydrogen) atoms. The Kier molecular flexibility index (Phi) is 6.29. The molecule has 0 saturated carbocycles. The van der Waals surface area contributed by atoms with Crippen LogP contribution in [-0.2, 0) is 13.1 Å². The van der Waals surface area contributed by atoms with Crippen LogP contribution in [0.25, 0.3) is 22.2 Å². The van der Waals surface area contributed by atoms with Crippen LogP contribution in [0.15, 0.2) is 71.7 Å². The number of pyridine rings is 2. The minimum absolute atomic E-state index is 0.00478. The van der Waals surface area contributed by atoms with Crippen molar-refractivity contribution in [2.24, 2.45) is 0 Å². The van der Waals surface area contributed by atoms with Crippen molar-refractivity contribution < 1.29 is 4.39 Å². The Labute approximate surface area is 215 Å². The Morgan fingerprint density at radius 2 is 1.84 bits per heavy atom. The standard InChI is InChI=1S/C30H28FN5O/c31-26-7-5-23-6-8-28(37)36-19-24(29(26)30(23)36)18-35-13-10-25(11-14-35)34-17-20-1-3-22(4-2-20)27-15-21(16-32)9-12-33-27/h1-9,12,15,24-25,34H,10-11,13-14,17-19H2. The average molecular weight is 494 g/mol. The van der Waals surface area contributed by atoms with Crippen molar-refractivity contribution in [3.63, 3.8) is 0 Å². The van der Waals surface area contributed by atoms with Gasteiger partial charge in [-0.15, -0.1) is 0 Å². The second kappa shape index (κ2) is 9.89. The lowest BCUT2D eigenvalue weighted by Crippen LogP contribution is -2.43. The zero-order valence-corrected chi connectivity index (χ0v) is 20.5. The summed E-state index contributed by atoms with van der Waals surface area (Å²) < 4.78 is 16.6. The van der Waals surface area contributed by atoms with Gasteiger partial charge in [-0.05, 0) is 67.2 Å². The van der Waals surface area contributed by atoms with E-state index < -0.39 is 0 Å². The predicted molar refractivity (Wildman–Crippen MR) is 142 cm³/mol. The molecule has 1 fully saturated rings. The molecule has 6 rings (SSSR count). The van der Waals surface area contributed by atoms with Gasteiger partial charge in [-0.1, -0.05) is 24.3 Å². The Morgan fingerprint density at radius 1 is 1.05 bits per heavy atom. The Bertz CT molecular complexity index is 1550. The third-order valence-corrected chi connectivity index (χ3v) is 7.75. The van der Waals surface area contributed by atoms with E-state index in [2.05, 4.69) is 33.4 Å². The van der Waals surface area contributed by atoms with E-state index in [-0.39, 0.29) is 17.3 Å². The van der Waals surface area contributed by atoms with Crippen molar-refractivity contribution >= 4 is 10.9 Å². The molecule has 0 aliphatic carbocycles. The molecule has 186 valence electrons. The highest BCUT2D eigenvalue weighted by Gasteiger charge is 2.31. The number of hydrogen-bond donors (Lipinski definition) is 1. The quantitative estimate of drug-likeness (QED) is 0.430. The van der Waals surface area contributed by atoms with Crippen LogP contribution in [0.4, 0.5) is 4.39 Å². The summed E-state index contributed by atoms with van der Waals surface area (Å²) in [6, 6.07) is 21.1. The van der Waals surface area contributed by atoms with Gasteiger partial charge >= 0.3 is 0 Å². The summed E-state index contributed by atoms with van der Waals surface area (Å²) in [6.45, 7) is 4.03. The van der Waals surface area contributed by atoms with E-state index in [1.54, 1.807) is 41.1 Å². The lowest BCUT2D eigenvalue weighted by Gasteiger charge is -2.34. The van der Waals surface area contributed by atoms with Crippen LogP contribution in [0.2, 0.25) is 0 Å². The number of piperidine rings is 1. The van der Waals surface area contributed by atoms with Gasteiger partial charge in [0.15, 0.2) is 0 Å². The first-order valence-electron chi connectivity index (χ1n) is 12.8. The summed E-state index contributed by atoms with van der Waals surface area (Å²) >= 11 is 0. The molecule has 1 saturated heterocycles. The van der Waals surface area contributed by atoms with Gasteiger partial charge in [0.1, 0.15) is 5.82 Å². The number of nitrogens with zero attached hydrogens (tertiary/aromatic N) is 4. The summed E-state index contributed by atoms with van der Waals surface area (Å²) in [5, 5.41) is 13.7. The monoisotopic (exact) mass is 493 g/mol. The summed E-state index contributed by atoms with van der Waals surface area (Å²) in [7, 11) is 0. The fourth-order valence-electron chi connectivity index (χ4n) is 5.77. The predicted octanol–water partition coefficient (Wildman–Crippen LogP) is 4.43. The number of hydrogen-bond acceptors (Lipinski definition) is 5. The van der Waals surface area contributed by atoms with Crippen molar-refractivity contribution in [1.82, 2.24) is 19.8 Å². The summed E-state index contributed by atoms with van der Waals surface area (Å²) in [5.74, 6) is -0.198. The number of halogens is 1. The maximum Gasteiger partial charge on any atom is 0.251 e. The fraction of sp³-hybridized carbons (Fsp3) is 0.300. The first kappa shape index (κ1) is 23.5. The average Bonchev–Trinajstić information content (AvgIpc) is 3.33. The molecular formula is C30H28FN5O. The number of benzene rings is 2. The fourth-order valence-corrected chi connectivity index (χ4v) is 5.77. The van der Waals surface area contributed by atoms with Crippen LogP contribution < -0.4 is 10.9 Å². The molecule has 1 N–H and O–H groups in total. The highest BCUT2D eigenvalue weighted by molar-refractivity contribution is 5.84. The van der Waals surface area contributed by atoms with Crippen molar-refractivity contribution in [3.8, 4) is 17.3 Å². The number of aromatic nitrogens is 2. The first-order valence-corrected chi connectivity index (χ1v) is 12.8. The molecule has 1 atom stereocenters. The molecule has 2 aliphatic rings. The molecule has 0 amide bonds. The van der Waals surface area contributed by atoms with Gasteiger partial charge in [0, 0.05) is 55.0 Å². The molecule has 4 aromatic rings. The number of nitriles is 1. The van der Waals surface area contributed by atoms with Gasteiger partial charge < -0.3 is 14.8 Å². The van der Waals surface area contributed by atoms with Gasteiger partial charge in [-0.3, -0.25) is 9.78 Å². The number of nitrogens with one attached hydrogen (secondary N) is 1. The molecule has 1 unspecified atom stereocenters. The largest absolute Gasteiger partial charge is 0.310 e. The van der Waals surface area contributed by atoms with Gasteiger partial charge in [-0.2, -0.15) is 5.26 Å². The normalized spacial score (nSPS) is 17.8. The zero-order chi connectivity index (χ0) is 25.4. The van der Waals surface area contributed by atoms with E-state index in [0.29, 0.717) is 23.7 Å². The van der Waals surface area contributed by atoms with Crippen molar-refractivity contribution in [2.75, 3.05) is 19.6 Å². The minimum atomic E-state index is -0.203. The minimum Gasteiger partial charge on any atom is -0.310 e. The second-order valence-corrected chi connectivity index (χ2v) is 10.1. The molecule has 4 heterocycles. The molecule has 6 nitrogen and oxygen atoms in total. The summed E-state index contributed by atoms with van der Waals surface area (Å²) in [5.41, 5.74) is 5.04. The van der Waals surface area contributed by atoms with Crippen molar-refractivity contribution in [1.29, 1.82) is 5.26 Å². The summed E-state index contributed by atoms with van der Waals surface area (Å²) in [4.78, 5) is 19.2. The van der Waals surface area contributed by atoms with E-state index in [1.165, 1.54) is 11.6 Å². The molecular weight excluding hydrogens is 465 g/mol. The van der Waals surface area contributed by atoms with Crippen molar-refractivity contribution in [3.05, 3.63) is 99.7 Å². The van der Waals surface area contributed by atoms with Crippen LogP contribution >= 0.6 is 0 Å². The lowest BCUT2D eigenvalue weighted by molar-refractivity contribution is 0.184. The third-order valence-electron chi connectivity index (χ3n) is 7.75. The van der Waals surface area contributed by atoms with E-state index in [1.807, 2.05) is 12.1 Å². The van der Waals surface area contributed by atoms with Gasteiger partial charge in [0.25, 0.3) is 5.56 Å². The molecule has 0 radical (unpaired) electrons. The maximum atomic E-state index is 14.8. The zero-order valence-electron chi connectivity index (χ0n) is 20.5. The van der Waals surface area contributed by atoms with Gasteiger partial charge in [-0.25, -0.2) is 4.39 Å². The van der Waals surface area contributed by atoms with Crippen LogP contribution in [0.5, 0.6) is 0 Å². The SMILES string of the molecule is N#Cc1ccnc(-c2ccc(CNC3CCN(CC4Cn5c(=O)ccc6ccc(F)c4c65)CC3)cc2)c1. The van der Waals surface area contributed by atoms with Crippen molar-refractivity contribution in [2.45, 2.75) is 37.9 Å². The van der Waals surface area contributed by atoms with Gasteiger partial charge in [0.2, 0.25) is 0 Å². The highest BCUT2D eigenvalue weighted by Crippen LogP contribution is 2.35. The Balaban J connectivity index is 1.03. The van der Waals surface area contributed by atoms with Crippen LogP contribution in [0.3, 0.4) is 0 Å². The van der Waals surface area contributed by atoms with E-state index in [9.17, 15) is 9.18 Å². The maximum absolute atomic E-state index is 14.8. The number of rotatable bonds is 6. The molecule has 0 bridgehead atoms. The third kappa shape index (κ3) is 4.66. The smallest absolute Gasteiger partial charge is 0.251 e. The number of likely N-dealkylation sites (tertiary alicyclic amines) is 1. The van der Waals surface area contributed by atoms with E-state index in [0.717, 1.165) is 61.2 Å². The Hall–Kier alpha value is -3.86. The second-order valence-electron chi connectivity index (χ2n) is 10.1. The topological polar surface area (TPSA) is 74.0 Å². The lowest BCUT2D eigenvalue weighted by atomic mass is 9.96. The van der Waals surface area contributed by atoms with Crippen LogP contribution in [0.1, 0.15) is 35.4 Å². The first-order chi connectivity index (χ1) is 18.1. The summed E-state index contributed by atoms with van der Waals surface area (Å²) in [6.07, 6.45) is 3.74. The van der Waals surface area contributed by atoms with Gasteiger partial charge in [0.05, 0.1) is 22.8 Å². The Morgan fingerprint density at radius 3 is 2.62 bits per heavy atom. The van der Waals surface area contributed by atoms with Crippen LogP contribution in [0, 0.1) is 17.1 Å². The molecule has 2 aromatic carbocycles. The molecule has 7 heteroatoms. The molecule has 2 aliphatic heterocycles. The van der Waals surface area contributed by atoms with E-state index in [4.69, 9.17) is 5.26 Å². The van der Waals surface area contributed by atoms with E-state index >= 15 is 0 Å². The molecule has 2 aromatic heterocycles.